The minimum Gasteiger partial charge on any atom is -0.273 e. The van der Waals surface area contributed by atoms with Crippen LogP contribution in [-0.2, 0) is 19.5 Å². The van der Waals surface area contributed by atoms with Crippen molar-refractivity contribution in [1.82, 2.24) is 0 Å². The van der Waals surface area contributed by atoms with E-state index in [1.165, 1.54) is 16.7 Å². The van der Waals surface area contributed by atoms with Gasteiger partial charge in [0, 0.05) is 0 Å². The number of rotatable bonds is 0. The molecule has 16 heavy (non-hydrogen) atoms. The molecule has 1 heteroatoms. The van der Waals surface area contributed by atoms with E-state index in [0.717, 1.165) is 6.42 Å². The van der Waals surface area contributed by atoms with Gasteiger partial charge in [-0.1, -0.05) is 33.1 Å². The second kappa shape index (κ2) is 6.35. The minimum absolute atomic E-state index is 0. The number of hydrogen-bond donors (Lipinski definition) is 0. The van der Waals surface area contributed by atoms with E-state index < -0.39 is 0 Å². The molecule has 0 bridgehead atoms. The summed E-state index contributed by atoms with van der Waals surface area (Å²) in [5.41, 5.74) is 4.39. The number of hydrogen-bond acceptors (Lipinski definition) is 0. The molecule has 0 spiro atoms. The van der Waals surface area contributed by atoms with Gasteiger partial charge < -0.3 is 0 Å². The summed E-state index contributed by atoms with van der Waals surface area (Å²) in [4.78, 5) is 0. The molecule has 88 valence electrons. The van der Waals surface area contributed by atoms with Gasteiger partial charge >= 0.3 is 19.5 Å². The summed E-state index contributed by atoms with van der Waals surface area (Å²) < 4.78 is 0. The standard InChI is InChI=1S/C10H15.C5H5.Ru/c1-7-6-10(4,5)9(3)8(7)2;1-2-4-5-3-1;/h1-5H3;1-3H,4H2;/q2*-1;+2. The molecule has 2 rings (SSSR count). The Labute approximate surface area is 113 Å². The molecular weight excluding hydrogens is 281 g/mol. The maximum absolute atomic E-state index is 3.44. The van der Waals surface area contributed by atoms with Crippen molar-refractivity contribution < 1.29 is 19.5 Å². The Balaban J connectivity index is 0.000000318. The Bertz CT molecular complexity index is 342. The molecule has 2 aliphatic carbocycles. The molecule has 0 aromatic carbocycles. The van der Waals surface area contributed by atoms with Crippen LogP contribution in [-0.4, -0.2) is 0 Å². The SMILES string of the molecule is CC1=[C-]C(C)(C)C(C)=C1C.[C-]1=CC=CC1.[Ru+2]. The molecule has 0 nitrogen and oxygen atoms in total. The zero-order chi connectivity index (χ0) is 11.5. The summed E-state index contributed by atoms with van der Waals surface area (Å²) in [5.74, 6) is 0. The van der Waals surface area contributed by atoms with Crippen molar-refractivity contribution in [3.8, 4) is 0 Å². The van der Waals surface area contributed by atoms with Gasteiger partial charge in [0.05, 0.1) is 0 Å². The predicted molar refractivity (Wildman–Crippen MR) is 66.2 cm³/mol. The third-order valence-corrected chi connectivity index (χ3v) is 3.15. The van der Waals surface area contributed by atoms with Crippen molar-refractivity contribution in [2.24, 2.45) is 5.41 Å². The van der Waals surface area contributed by atoms with Crippen LogP contribution < -0.4 is 0 Å². The fraction of sp³-hybridized carbons (Fsp3) is 0.467. The Hall–Kier alpha value is -0.417. The van der Waals surface area contributed by atoms with E-state index in [4.69, 9.17) is 0 Å². The first-order valence-corrected chi connectivity index (χ1v) is 5.47. The van der Waals surface area contributed by atoms with Gasteiger partial charge in [0.25, 0.3) is 0 Å². The molecule has 0 fully saturated rings. The van der Waals surface area contributed by atoms with Crippen LogP contribution in [0, 0.1) is 17.6 Å². The zero-order valence-electron chi connectivity index (χ0n) is 10.8. The monoisotopic (exact) mass is 302 g/mol. The second-order valence-electron chi connectivity index (χ2n) is 4.63. The summed E-state index contributed by atoms with van der Waals surface area (Å²) >= 11 is 0. The Kier molecular flexibility index (Phi) is 6.19. The fourth-order valence-electron chi connectivity index (χ4n) is 1.75. The first kappa shape index (κ1) is 15.6. The molecule has 0 heterocycles. The summed E-state index contributed by atoms with van der Waals surface area (Å²) in [6, 6.07) is 0. The van der Waals surface area contributed by atoms with E-state index >= 15 is 0 Å². The molecule has 0 aromatic rings. The molecular formula is C15H20Ru. The van der Waals surface area contributed by atoms with Crippen LogP contribution in [0.1, 0.15) is 41.0 Å². The van der Waals surface area contributed by atoms with E-state index in [1.54, 1.807) is 0 Å². The van der Waals surface area contributed by atoms with Crippen molar-refractivity contribution in [3.05, 3.63) is 47.1 Å². The molecule has 0 amide bonds. The van der Waals surface area contributed by atoms with Crippen molar-refractivity contribution in [2.75, 3.05) is 0 Å². The minimum atomic E-state index is 0. The Morgan fingerprint density at radius 1 is 1.19 bits per heavy atom. The smallest absolute Gasteiger partial charge is 0.273 e. The largest absolute Gasteiger partial charge is 2.00 e. The van der Waals surface area contributed by atoms with Crippen LogP contribution in [0.3, 0.4) is 0 Å². The number of allylic oxidation sites excluding steroid dienone is 8. The molecule has 0 atom stereocenters. The third kappa shape index (κ3) is 3.87. The van der Waals surface area contributed by atoms with E-state index in [0.29, 0.717) is 0 Å². The van der Waals surface area contributed by atoms with Crippen LogP contribution >= 0.6 is 0 Å². The van der Waals surface area contributed by atoms with Gasteiger partial charge in [0.15, 0.2) is 0 Å². The van der Waals surface area contributed by atoms with Gasteiger partial charge in [-0.15, -0.1) is 13.3 Å². The fourth-order valence-corrected chi connectivity index (χ4v) is 1.75. The van der Waals surface area contributed by atoms with Crippen molar-refractivity contribution >= 4 is 0 Å². The van der Waals surface area contributed by atoms with Crippen LogP contribution in [0.2, 0.25) is 0 Å². The van der Waals surface area contributed by atoms with Gasteiger partial charge in [-0.05, 0) is 0 Å². The van der Waals surface area contributed by atoms with Crippen LogP contribution in [0.4, 0.5) is 0 Å². The van der Waals surface area contributed by atoms with E-state index in [9.17, 15) is 0 Å². The molecule has 0 saturated carbocycles. The predicted octanol–water partition coefficient (Wildman–Crippen LogP) is 4.42. The molecule has 0 aromatic heterocycles. The molecule has 0 N–H and O–H groups in total. The summed E-state index contributed by atoms with van der Waals surface area (Å²) in [6.07, 6.45) is 13.4. The summed E-state index contributed by atoms with van der Waals surface area (Å²) in [6.45, 7) is 10.9. The van der Waals surface area contributed by atoms with Crippen molar-refractivity contribution in [2.45, 2.75) is 41.0 Å². The second-order valence-corrected chi connectivity index (χ2v) is 4.63. The van der Waals surface area contributed by atoms with E-state index in [-0.39, 0.29) is 24.9 Å². The normalized spacial score (nSPS) is 20.2. The molecule has 2 aliphatic rings. The molecule has 0 saturated heterocycles. The quantitative estimate of drug-likeness (QED) is 0.459. The van der Waals surface area contributed by atoms with E-state index in [1.807, 2.05) is 12.2 Å². The third-order valence-electron chi connectivity index (χ3n) is 3.15. The molecule has 0 unspecified atom stereocenters. The maximum Gasteiger partial charge on any atom is 2.00 e. The van der Waals surface area contributed by atoms with Crippen molar-refractivity contribution in [1.29, 1.82) is 0 Å². The van der Waals surface area contributed by atoms with Gasteiger partial charge in [-0.3, -0.25) is 12.2 Å². The maximum atomic E-state index is 3.44. The average molecular weight is 301 g/mol. The van der Waals surface area contributed by atoms with Gasteiger partial charge in [0.2, 0.25) is 0 Å². The Morgan fingerprint density at radius 2 is 1.81 bits per heavy atom. The van der Waals surface area contributed by atoms with Gasteiger partial charge in [0.1, 0.15) is 0 Å². The first-order valence-electron chi connectivity index (χ1n) is 5.47. The molecule has 0 radical (unpaired) electrons. The molecule has 0 aliphatic heterocycles. The van der Waals surface area contributed by atoms with Crippen LogP contribution in [0.15, 0.2) is 34.9 Å². The summed E-state index contributed by atoms with van der Waals surface area (Å²) in [7, 11) is 0. The van der Waals surface area contributed by atoms with Crippen molar-refractivity contribution in [3.63, 3.8) is 0 Å². The first-order chi connectivity index (χ1) is 6.95. The van der Waals surface area contributed by atoms with Crippen LogP contribution in [0.5, 0.6) is 0 Å². The van der Waals surface area contributed by atoms with Gasteiger partial charge in [-0.2, -0.15) is 17.2 Å². The average Bonchev–Trinajstić information content (AvgIpc) is 2.76. The topological polar surface area (TPSA) is 0 Å². The Morgan fingerprint density at radius 3 is 1.94 bits per heavy atom. The summed E-state index contributed by atoms with van der Waals surface area (Å²) in [5, 5.41) is 0. The zero-order valence-corrected chi connectivity index (χ0v) is 12.5. The van der Waals surface area contributed by atoms with E-state index in [2.05, 4.69) is 52.8 Å². The van der Waals surface area contributed by atoms with Crippen LogP contribution in [0.25, 0.3) is 0 Å². The van der Waals surface area contributed by atoms with Gasteiger partial charge in [-0.25, -0.2) is 17.7 Å².